The number of nitrogens with one attached hydrogen (secondary N) is 1. The molecule has 1 N–H and O–H groups in total. The number of furan rings is 1. The fourth-order valence-electron chi connectivity index (χ4n) is 1.77. The van der Waals surface area contributed by atoms with Crippen LogP contribution in [0.15, 0.2) is 37.1 Å². The predicted molar refractivity (Wildman–Crippen MR) is 83.2 cm³/mol. The third-order valence-corrected chi connectivity index (χ3v) is 4.68. The van der Waals surface area contributed by atoms with Crippen molar-refractivity contribution >= 4 is 43.2 Å². The standard InChI is InChI=1S/C13H15Br2NOS/c1-2-7-16-10(11-4-5-12(14)17-11)8-9-3-6-13(15)18-9/h3-6,10,16H,2,7-8H2,1H3. The summed E-state index contributed by atoms with van der Waals surface area (Å²) in [6.45, 7) is 3.17. The Bertz CT molecular complexity index is 495. The predicted octanol–water partition coefficient (Wildman–Crippen LogP) is 5.15. The molecule has 2 aromatic heterocycles. The van der Waals surface area contributed by atoms with Gasteiger partial charge >= 0.3 is 0 Å². The third kappa shape index (κ3) is 3.95. The minimum absolute atomic E-state index is 0.238. The quantitative estimate of drug-likeness (QED) is 0.735. The van der Waals surface area contributed by atoms with E-state index in [-0.39, 0.29) is 6.04 Å². The summed E-state index contributed by atoms with van der Waals surface area (Å²) in [5.41, 5.74) is 0. The zero-order valence-electron chi connectivity index (χ0n) is 10.1. The van der Waals surface area contributed by atoms with E-state index in [2.05, 4.69) is 56.2 Å². The Kier molecular flexibility index (Phi) is 5.48. The Labute approximate surface area is 128 Å². The summed E-state index contributed by atoms with van der Waals surface area (Å²) < 4.78 is 7.63. The molecule has 18 heavy (non-hydrogen) atoms. The van der Waals surface area contributed by atoms with Crippen LogP contribution in [-0.2, 0) is 6.42 Å². The minimum Gasteiger partial charge on any atom is -0.453 e. The number of hydrogen-bond donors (Lipinski definition) is 1. The molecule has 2 rings (SSSR count). The van der Waals surface area contributed by atoms with Gasteiger partial charge in [-0.15, -0.1) is 11.3 Å². The van der Waals surface area contributed by atoms with E-state index in [0.29, 0.717) is 0 Å². The summed E-state index contributed by atoms with van der Waals surface area (Å²) in [7, 11) is 0. The summed E-state index contributed by atoms with van der Waals surface area (Å²) in [5.74, 6) is 0.986. The fourth-order valence-corrected chi connectivity index (χ4v) is 3.62. The van der Waals surface area contributed by atoms with Gasteiger partial charge in [-0.25, -0.2) is 0 Å². The third-order valence-electron chi connectivity index (χ3n) is 2.61. The molecule has 0 saturated carbocycles. The van der Waals surface area contributed by atoms with Crippen molar-refractivity contribution in [1.82, 2.24) is 5.32 Å². The van der Waals surface area contributed by atoms with Gasteiger partial charge in [0, 0.05) is 11.3 Å². The summed E-state index contributed by atoms with van der Waals surface area (Å²) >= 11 is 8.64. The van der Waals surface area contributed by atoms with Gasteiger partial charge in [0.1, 0.15) is 5.76 Å². The molecule has 1 unspecified atom stereocenters. The summed E-state index contributed by atoms with van der Waals surface area (Å²) in [6.07, 6.45) is 2.07. The van der Waals surface area contributed by atoms with Crippen LogP contribution in [0.4, 0.5) is 0 Å². The molecule has 0 bridgehead atoms. The Morgan fingerprint density at radius 1 is 1.28 bits per heavy atom. The van der Waals surface area contributed by atoms with E-state index in [9.17, 15) is 0 Å². The molecule has 0 fully saturated rings. The van der Waals surface area contributed by atoms with Crippen molar-refractivity contribution in [2.24, 2.45) is 0 Å². The maximum Gasteiger partial charge on any atom is 0.169 e. The van der Waals surface area contributed by atoms with E-state index < -0.39 is 0 Å². The van der Waals surface area contributed by atoms with Gasteiger partial charge in [-0.3, -0.25) is 0 Å². The van der Waals surface area contributed by atoms with Gasteiger partial charge in [-0.05, 0) is 69.1 Å². The molecule has 2 nitrogen and oxygen atoms in total. The van der Waals surface area contributed by atoms with E-state index in [1.54, 1.807) is 11.3 Å². The van der Waals surface area contributed by atoms with Crippen molar-refractivity contribution in [2.45, 2.75) is 25.8 Å². The Hall–Kier alpha value is -0.100. The molecule has 0 amide bonds. The van der Waals surface area contributed by atoms with Gasteiger partial charge < -0.3 is 9.73 Å². The lowest BCUT2D eigenvalue weighted by molar-refractivity contribution is 0.401. The van der Waals surface area contributed by atoms with Crippen molar-refractivity contribution in [3.05, 3.63) is 43.4 Å². The second-order valence-electron chi connectivity index (χ2n) is 4.06. The molecule has 0 spiro atoms. The highest BCUT2D eigenvalue weighted by molar-refractivity contribution is 9.11. The highest BCUT2D eigenvalue weighted by Crippen LogP contribution is 2.28. The lowest BCUT2D eigenvalue weighted by atomic mass is 10.1. The van der Waals surface area contributed by atoms with Crippen molar-refractivity contribution in [3.8, 4) is 0 Å². The van der Waals surface area contributed by atoms with E-state index in [1.807, 2.05) is 12.1 Å². The Morgan fingerprint density at radius 2 is 2.11 bits per heavy atom. The first kappa shape index (κ1) is 14.3. The lowest BCUT2D eigenvalue weighted by Gasteiger charge is -2.15. The van der Waals surface area contributed by atoms with Crippen LogP contribution in [0.25, 0.3) is 0 Å². The molecule has 0 aliphatic rings. The van der Waals surface area contributed by atoms with E-state index in [4.69, 9.17) is 4.42 Å². The second-order valence-corrected chi connectivity index (χ2v) is 7.39. The molecule has 2 heterocycles. The highest BCUT2D eigenvalue weighted by Gasteiger charge is 2.16. The van der Waals surface area contributed by atoms with Crippen molar-refractivity contribution < 1.29 is 4.42 Å². The van der Waals surface area contributed by atoms with Gasteiger partial charge in [0.05, 0.1) is 9.83 Å². The fraction of sp³-hybridized carbons (Fsp3) is 0.385. The van der Waals surface area contributed by atoms with E-state index in [1.165, 1.54) is 8.66 Å². The SMILES string of the molecule is CCCNC(Cc1ccc(Br)s1)c1ccc(Br)o1. The summed E-state index contributed by atoms with van der Waals surface area (Å²) in [6, 6.07) is 8.46. The average Bonchev–Trinajstić information content (AvgIpc) is 2.93. The smallest absolute Gasteiger partial charge is 0.169 e. The summed E-state index contributed by atoms with van der Waals surface area (Å²) in [5, 5.41) is 3.53. The molecule has 0 aromatic carbocycles. The van der Waals surface area contributed by atoms with Gasteiger partial charge in [-0.2, -0.15) is 0 Å². The number of rotatable bonds is 6. The van der Waals surface area contributed by atoms with Crippen molar-refractivity contribution in [2.75, 3.05) is 6.54 Å². The van der Waals surface area contributed by atoms with E-state index >= 15 is 0 Å². The molecule has 98 valence electrons. The summed E-state index contributed by atoms with van der Waals surface area (Å²) in [4.78, 5) is 1.35. The first-order valence-electron chi connectivity index (χ1n) is 5.92. The van der Waals surface area contributed by atoms with Crippen LogP contribution in [-0.4, -0.2) is 6.54 Å². The average molecular weight is 393 g/mol. The van der Waals surface area contributed by atoms with Gasteiger partial charge in [0.25, 0.3) is 0 Å². The first-order valence-corrected chi connectivity index (χ1v) is 8.32. The zero-order chi connectivity index (χ0) is 13.0. The molecule has 5 heteroatoms. The monoisotopic (exact) mass is 391 g/mol. The lowest BCUT2D eigenvalue weighted by Crippen LogP contribution is -2.23. The van der Waals surface area contributed by atoms with Crippen LogP contribution >= 0.6 is 43.2 Å². The second kappa shape index (κ2) is 6.89. The zero-order valence-corrected chi connectivity index (χ0v) is 14.1. The van der Waals surface area contributed by atoms with Crippen LogP contribution in [0.5, 0.6) is 0 Å². The Balaban J connectivity index is 2.09. The maximum absolute atomic E-state index is 5.67. The largest absolute Gasteiger partial charge is 0.453 e. The first-order chi connectivity index (χ1) is 8.69. The normalized spacial score (nSPS) is 12.8. The maximum atomic E-state index is 5.67. The topological polar surface area (TPSA) is 25.2 Å². The minimum atomic E-state index is 0.238. The van der Waals surface area contributed by atoms with Crippen molar-refractivity contribution in [1.29, 1.82) is 0 Å². The number of hydrogen-bond acceptors (Lipinski definition) is 3. The van der Waals surface area contributed by atoms with Crippen LogP contribution < -0.4 is 5.32 Å². The van der Waals surface area contributed by atoms with Gasteiger partial charge in [0.15, 0.2) is 4.67 Å². The molecule has 2 aromatic rings. The molecule has 0 aliphatic carbocycles. The van der Waals surface area contributed by atoms with Crippen LogP contribution in [0.3, 0.4) is 0 Å². The van der Waals surface area contributed by atoms with Gasteiger partial charge in [0.2, 0.25) is 0 Å². The molecule has 0 radical (unpaired) electrons. The van der Waals surface area contributed by atoms with Crippen LogP contribution in [0.2, 0.25) is 0 Å². The number of thiophene rings is 1. The molecular weight excluding hydrogens is 378 g/mol. The number of halogens is 2. The molecule has 1 atom stereocenters. The van der Waals surface area contributed by atoms with Crippen LogP contribution in [0.1, 0.15) is 30.0 Å². The van der Waals surface area contributed by atoms with Crippen LogP contribution in [0, 0.1) is 0 Å². The molecule has 0 saturated heterocycles. The highest BCUT2D eigenvalue weighted by atomic mass is 79.9. The van der Waals surface area contributed by atoms with E-state index in [0.717, 1.165) is 29.8 Å². The van der Waals surface area contributed by atoms with Gasteiger partial charge in [-0.1, -0.05) is 6.92 Å². The molecular formula is C13H15Br2NOS. The Morgan fingerprint density at radius 3 is 2.67 bits per heavy atom. The van der Waals surface area contributed by atoms with Crippen molar-refractivity contribution in [3.63, 3.8) is 0 Å². The molecule has 0 aliphatic heterocycles.